The minimum absolute atomic E-state index is 0.0883. The van der Waals surface area contributed by atoms with Crippen LogP contribution in [-0.2, 0) is 4.79 Å². The lowest BCUT2D eigenvalue weighted by Gasteiger charge is -2.37. The normalized spacial score (nSPS) is 17.4. The van der Waals surface area contributed by atoms with Gasteiger partial charge in [-0.1, -0.05) is 30.3 Å². The summed E-state index contributed by atoms with van der Waals surface area (Å²) in [5.41, 5.74) is 1.91. The van der Waals surface area contributed by atoms with Crippen LogP contribution >= 0.6 is 0 Å². The smallest absolute Gasteiger partial charge is 0.267 e. The predicted molar refractivity (Wildman–Crippen MR) is 128 cm³/mol. The van der Waals surface area contributed by atoms with Crippen LogP contribution in [0.5, 0.6) is 11.5 Å². The summed E-state index contributed by atoms with van der Waals surface area (Å²) in [6.45, 7) is 1.90. The van der Waals surface area contributed by atoms with Gasteiger partial charge in [-0.15, -0.1) is 0 Å². The predicted octanol–water partition coefficient (Wildman–Crippen LogP) is 3.62. The van der Waals surface area contributed by atoms with Crippen molar-refractivity contribution in [2.24, 2.45) is 0 Å². The van der Waals surface area contributed by atoms with Crippen molar-refractivity contribution >= 4 is 22.7 Å². The number of carbonyl (C=O) groups excluding carboxylic acids is 2. The number of benzene rings is 2. The molecule has 4 heterocycles. The maximum Gasteiger partial charge on any atom is 0.267 e. The number of aromatic nitrogens is 1. The number of fused-ring (bicyclic) bond motifs is 2. The highest BCUT2D eigenvalue weighted by molar-refractivity contribution is 6.07. The van der Waals surface area contributed by atoms with E-state index >= 15 is 0 Å². The van der Waals surface area contributed by atoms with E-state index in [0.29, 0.717) is 54.7 Å². The third kappa shape index (κ3) is 3.97. The van der Waals surface area contributed by atoms with Gasteiger partial charge in [-0.05, 0) is 36.4 Å². The van der Waals surface area contributed by atoms with Gasteiger partial charge in [-0.2, -0.15) is 0 Å². The highest BCUT2D eigenvalue weighted by Crippen LogP contribution is 2.31. The monoisotopic (exact) mass is 469 g/mol. The summed E-state index contributed by atoms with van der Waals surface area (Å²) >= 11 is 0. The van der Waals surface area contributed by atoms with Gasteiger partial charge in [0, 0.05) is 31.6 Å². The summed E-state index contributed by atoms with van der Waals surface area (Å²) in [5.74, 6) is 1.61. The van der Waals surface area contributed by atoms with Crippen molar-refractivity contribution in [2.75, 3.05) is 32.8 Å². The third-order valence-corrected chi connectivity index (χ3v) is 6.38. The molecule has 4 aromatic rings. The van der Waals surface area contributed by atoms with Gasteiger partial charge in [0.05, 0.1) is 17.3 Å². The average Bonchev–Trinajstić information content (AvgIpc) is 3.47. The molecule has 0 N–H and O–H groups in total. The summed E-state index contributed by atoms with van der Waals surface area (Å²) in [6, 6.07) is 20.3. The second-order valence-corrected chi connectivity index (χ2v) is 8.53. The molecular formula is C27H23N3O5. The van der Waals surface area contributed by atoms with Crippen molar-refractivity contribution in [3.8, 4) is 23.0 Å². The molecule has 2 aromatic heterocycles. The number of ether oxygens (including phenoxy) is 2. The Bertz CT molecular complexity index is 1390. The van der Waals surface area contributed by atoms with Crippen LogP contribution in [0.3, 0.4) is 0 Å². The van der Waals surface area contributed by atoms with E-state index in [4.69, 9.17) is 13.9 Å². The zero-order chi connectivity index (χ0) is 23.8. The molecule has 2 aliphatic rings. The van der Waals surface area contributed by atoms with Crippen molar-refractivity contribution < 1.29 is 23.5 Å². The standard InChI is InChI=1S/C27H23N3O5/c31-26(19-16-21(22-10-5-15-33-22)28-20-7-2-1-6-18(19)20)29-11-13-30(14-12-29)27(32)25-17-34-23-8-3-4-9-24(23)35-25/h1-10,15-16,25H,11-14,17H2/t25-/m0/s1. The van der Waals surface area contributed by atoms with Gasteiger partial charge in [0.1, 0.15) is 12.3 Å². The van der Waals surface area contributed by atoms with Gasteiger partial charge in [0.25, 0.3) is 11.8 Å². The van der Waals surface area contributed by atoms with Gasteiger partial charge in [0.15, 0.2) is 17.3 Å². The molecule has 1 saturated heterocycles. The largest absolute Gasteiger partial charge is 0.485 e. The highest BCUT2D eigenvalue weighted by atomic mass is 16.6. The second-order valence-electron chi connectivity index (χ2n) is 8.53. The first-order chi connectivity index (χ1) is 17.2. The van der Waals surface area contributed by atoms with Crippen LogP contribution in [0.15, 0.2) is 77.4 Å². The molecule has 0 radical (unpaired) electrons. The van der Waals surface area contributed by atoms with E-state index in [-0.39, 0.29) is 18.4 Å². The highest BCUT2D eigenvalue weighted by Gasteiger charge is 2.34. The van der Waals surface area contributed by atoms with Gasteiger partial charge in [0.2, 0.25) is 6.10 Å². The third-order valence-electron chi connectivity index (χ3n) is 6.38. The Balaban J connectivity index is 1.18. The first-order valence-corrected chi connectivity index (χ1v) is 11.6. The van der Waals surface area contributed by atoms with Crippen LogP contribution in [0.1, 0.15) is 10.4 Å². The Kier molecular flexibility index (Phi) is 5.33. The lowest BCUT2D eigenvalue weighted by Crippen LogP contribution is -2.55. The SMILES string of the molecule is O=C(c1cc(-c2ccco2)nc2ccccc12)N1CCN(C(=O)[C@@H]2COc3ccccc3O2)CC1. The lowest BCUT2D eigenvalue weighted by atomic mass is 10.0. The number of hydrogen-bond donors (Lipinski definition) is 0. The van der Waals surface area contributed by atoms with Gasteiger partial charge in [-0.25, -0.2) is 4.98 Å². The zero-order valence-corrected chi connectivity index (χ0v) is 18.9. The van der Waals surface area contributed by atoms with Crippen LogP contribution < -0.4 is 9.47 Å². The number of amides is 2. The molecule has 0 aliphatic carbocycles. The first-order valence-electron chi connectivity index (χ1n) is 11.6. The summed E-state index contributed by atoms with van der Waals surface area (Å²) in [7, 11) is 0. The van der Waals surface area contributed by atoms with Crippen LogP contribution in [0.4, 0.5) is 0 Å². The maximum atomic E-state index is 13.6. The number of pyridine rings is 1. The van der Waals surface area contributed by atoms with Crippen molar-refractivity contribution in [2.45, 2.75) is 6.10 Å². The quantitative estimate of drug-likeness (QED) is 0.456. The molecule has 8 heteroatoms. The minimum atomic E-state index is -0.688. The van der Waals surface area contributed by atoms with E-state index in [2.05, 4.69) is 4.98 Å². The molecule has 35 heavy (non-hydrogen) atoms. The second kappa shape index (κ2) is 8.79. The fourth-order valence-electron chi connectivity index (χ4n) is 4.55. The van der Waals surface area contributed by atoms with E-state index in [1.165, 1.54) is 0 Å². The van der Waals surface area contributed by atoms with E-state index in [1.54, 1.807) is 34.3 Å². The summed E-state index contributed by atoms with van der Waals surface area (Å²) in [5, 5.41) is 0.790. The van der Waals surface area contributed by atoms with Gasteiger partial charge in [-0.3, -0.25) is 9.59 Å². The van der Waals surface area contributed by atoms with Crippen molar-refractivity contribution in [3.63, 3.8) is 0 Å². The van der Waals surface area contributed by atoms with Crippen LogP contribution in [0, 0.1) is 0 Å². The van der Waals surface area contributed by atoms with Crippen LogP contribution in [-0.4, -0.2) is 65.5 Å². The number of nitrogens with zero attached hydrogens (tertiary/aromatic N) is 3. The van der Waals surface area contributed by atoms with E-state index in [0.717, 1.165) is 10.9 Å². The molecular weight excluding hydrogens is 446 g/mol. The number of piperazine rings is 1. The molecule has 0 bridgehead atoms. The average molecular weight is 469 g/mol. The summed E-state index contributed by atoms with van der Waals surface area (Å²) in [4.78, 5) is 34.8. The molecule has 8 nitrogen and oxygen atoms in total. The number of hydrogen-bond acceptors (Lipinski definition) is 6. The topological polar surface area (TPSA) is 85.1 Å². The summed E-state index contributed by atoms with van der Waals surface area (Å²) in [6.07, 6.45) is 0.899. The molecule has 0 spiro atoms. The van der Waals surface area contributed by atoms with Crippen LogP contribution in [0.2, 0.25) is 0 Å². The Morgan fingerprint density at radius 2 is 1.60 bits per heavy atom. The number of furan rings is 1. The Morgan fingerprint density at radius 3 is 2.40 bits per heavy atom. The maximum absolute atomic E-state index is 13.6. The number of para-hydroxylation sites is 3. The molecule has 2 amide bonds. The molecule has 0 unspecified atom stereocenters. The zero-order valence-electron chi connectivity index (χ0n) is 18.9. The molecule has 176 valence electrons. The molecule has 2 aromatic carbocycles. The van der Waals surface area contributed by atoms with E-state index < -0.39 is 6.10 Å². The van der Waals surface area contributed by atoms with Gasteiger partial charge < -0.3 is 23.7 Å². The van der Waals surface area contributed by atoms with Crippen LogP contribution in [0.25, 0.3) is 22.4 Å². The number of rotatable bonds is 3. The number of carbonyl (C=O) groups is 2. The van der Waals surface area contributed by atoms with E-state index in [9.17, 15) is 9.59 Å². The Hall–Kier alpha value is -4.33. The fraction of sp³-hybridized carbons (Fsp3) is 0.222. The Labute approximate surface area is 201 Å². The summed E-state index contributed by atoms with van der Waals surface area (Å²) < 4.78 is 17.1. The van der Waals surface area contributed by atoms with Crippen molar-refractivity contribution in [1.82, 2.24) is 14.8 Å². The molecule has 1 fully saturated rings. The Morgan fingerprint density at radius 1 is 0.857 bits per heavy atom. The molecule has 1 atom stereocenters. The molecule has 2 aliphatic heterocycles. The van der Waals surface area contributed by atoms with Crippen molar-refractivity contribution in [1.29, 1.82) is 0 Å². The van der Waals surface area contributed by atoms with E-state index in [1.807, 2.05) is 48.5 Å². The van der Waals surface area contributed by atoms with Crippen molar-refractivity contribution in [3.05, 3.63) is 78.6 Å². The molecule has 0 saturated carbocycles. The first kappa shape index (κ1) is 21.2. The minimum Gasteiger partial charge on any atom is -0.485 e. The fourth-order valence-corrected chi connectivity index (χ4v) is 4.55. The van der Waals surface area contributed by atoms with Gasteiger partial charge >= 0.3 is 0 Å². The molecule has 6 rings (SSSR count). The lowest BCUT2D eigenvalue weighted by molar-refractivity contribution is -0.142.